The number of carbonyl (C=O) groups is 2. The smallest absolute Gasteiger partial charge is 0.344 e. The van der Waals surface area contributed by atoms with E-state index >= 15 is 0 Å². The van der Waals surface area contributed by atoms with E-state index < -0.39 is 11.9 Å². The van der Waals surface area contributed by atoms with Crippen molar-refractivity contribution >= 4 is 17.7 Å². The summed E-state index contributed by atoms with van der Waals surface area (Å²) in [5, 5.41) is 0. The van der Waals surface area contributed by atoms with Crippen molar-refractivity contribution < 1.29 is 19.1 Å². The molecule has 4 nitrogen and oxygen atoms in total. The highest BCUT2D eigenvalue weighted by Gasteiger charge is 2.29. The van der Waals surface area contributed by atoms with E-state index in [4.69, 9.17) is 4.74 Å². The molecular weight excluding hydrogens is 208 g/mol. The number of benzene rings is 1. The largest absolute Gasteiger partial charge is 0.466 e. The monoisotopic (exact) mass is 218 g/mol. The molecule has 0 aromatic heterocycles. The van der Waals surface area contributed by atoms with Gasteiger partial charge in [0.05, 0.1) is 18.2 Å². The van der Waals surface area contributed by atoms with Crippen molar-refractivity contribution in [1.82, 2.24) is 0 Å². The van der Waals surface area contributed by atoms with Crippen LogP contribution in [-0.4, -0.2) is 19.0 Å². The van der Waals surface area contributed by atoms with E-state index in [-0.39, 0.29) is 5.76 Å². The normalized spacial score (nSPS) is 16.5. The number of esters is 2. The van der Waals surface area contributed by atoms with Crippen molar-refractivity contribution in [1.29, 1.82) is 0 Å². The van der Waals surface area contributed by atoms with E-state index in [0.717, 1.165) is 0 Å². The minimum absolute atomic E-state index is 0.285. The second kappa shape index (κ2) is 3.81. The van der Waals surface area contributed by atoms with Gasteiger partial charge in [-0.3, -0.25) is 0 Å². The van der Waals surface area contributed by atoms with Crippen molar-refractivity contribution in [3.8, 4) is 0 Å². The molecule has 0 N–H and O–H groups in total. The van der Waals surface area contributed by atoms with Crippen molar-refractivity contribution in [2.45, 2.75) is 6.92 Å². The van der Waals surface area contributed by atoms with Crippen LogP contribution in [0.15, 0.2) is 29.8 Å². The molecule has 0 bridgehead atoms. The molecule has 0 atom stereocenters. The fourth-order valence-corrected chi connectivity index (χ4v) is 1.59. The SMILES string of the molecule is COC(=O)/C(C)=C1/OC(=O)c2ccccc21. The fraction of sp³-hybridized carbons (Fsp3) is 0.167. The van der Waals surface area contributed by atoms with Crippen LogP contribution >= 0.6 is 0 Å². The van der Waals surface area contributed by atoms with Crippen LogP contribution in [0.1, 0.15) is 22.8 Å². The molecule has 0 fully saturated rings. The molecule has 1 heterocycles. The Hall–Kier alpha value is -2.10. The van der Waals surface area contributed by atoms with Gasteiger partial charge in [0, 0.05) is 5.56 Å². The highest BCUT2D eigenvalue weighted by molar-refractivity contribution is 6.07. The highest BCUT2D eigenvalue weighted by atomic mass is 16.5. The number of hydrogen-bond acceptors (Lipinski definition) is 4. The van der Waals surface area contributed by atoms with E-state index in [1.54, 1.807) is 31.2 Å². The van der Waals surface area contributed by atoms with Crippen molar-refractivity contribution in [3.05, 3.63) is 41.0 Å². The molecule has 1 aromatic carbocycles. The molecule has 1 aromatic rings. The maximum Gasteiger partial charge on any atom is 0.344 e. The third-order valence-electron chi connectivity index (χ3n) is 2.42. The number of hydrogen-bond donors (Lipinski definition) is 0. The van der Waals surface area contributed by atoms with Gasteiger partial charge in [-0.15, -0.1) is 0 Å². The maximum absolute atomic E-state index is 11.5. The summed E-state index contributed by atoms with van der Waals surface area (Å²) in [4.78, 5) is 22.8. The number of ether oxygens (including phenoxy) is 2. The molecule has 16 heavy (non-hydrogen) atoms. The summed E-state index contributed by atoms with van der Waals surface area (Å²) in [6.45, 7) is 1.57. The van der Waals surface area contributed by atoms with Crippen LogP contribution in [0.2, 0.25) is 0 Å². The van der Waals surface area contributed by atoms with Gasteiger partial charge < -0.3 is 9.47 Å². The molecule has 0 spiro atoms. The lowest BCUT2D eigenvalue weighted by molar-refractivity contribution is -0.136. The first-order valence-corrected chi connectivity index (χ1v) is 4.76. The van der Waals surface area contributed by atoms with Crippen LogP contribution in [0.4, 0.5) is 0 Å². The Labute approximate surface area is 92.5 Å². The van der Waals surface area contributed by atoms with Gasteiger partial charge in [0.1, 0.15) is 5.76 Å². The second-order valence-electron chi connectivity index (χ2n) is 3.38. The van der Waals surface area contributed by atoms with E-state index in [9.17, 15) is 9.59 Å². The molecule has 0 amide bonds. The summed E-state index contributed by atoms with van der Waals surface area (Å²) in [6.07, 6.45) is 0. The summed E-state index contributed by atoms with van der Waals surface area (Å²) in [7, 11) is 1.29. The first-order valence-electron chi connectivity index (χ1n) is 4.76. The Balaban J connectivity index is 2.56. The van der Waals surface area contributed by atoms with Gasteiger partial charge in [-0.05, 0) is 13.0 Å². The molecule has 2 rings (SSSR count). The lowest BCUT2D eigenvalue weighted by Gasteiger charge is -2.03. The third kappa shape index (κ3) is 1.48. The van der Waals surface area contributed by atoms with E-state index in [1.807, 2.05) is 0 Å². The predicted octanol–water partition coefficient (Wildman–Crippen LogP) is 1.76. The topological polar surface area (TPSA) is 52.6 Å². The number of fused-ring (bicyclic) bond motifs is 1. The molecule has 82 valence electrons. The van der Waals surface area contributed by atoms with Crippen LogP contribution in [0, 0.1) is 0 Å². The lowest BCUT2D eigenvalue weighted by atomic mass is 10.1. The van der Waals surface area contributed by atoms with E-state index in [2.05, 4.69) is 4.74 Å². The molecule has 1 aliphatic heterocycles. The molecule has 0 saturated heterocycles. The average molecular weight is 218 g/mol. The molecule has 0 radical (unpaired) electrons. The molecule has 4 heteroatoms. The van der Waals surface area contributed by atoms with Gasteiger partial charge in [-0.1, -0.05) is 18.2 Å². The van der Waals surface area contributed by atoms with Gasteiger partial charge in [-0.25, -0.2) is 9.59 Å². The standard InChI is InChI=1S/C12H10O4/c1-7(11(13)15-2)10-8-5-3-4-6-9(8)12(14)16-10/h3-6H,1-2H3/b10-7+. The average Bonchev–Trinajstić information content (AvgIpc) is 2.65. The van der Waals surface area contributed by atoms with Crippen LogP contribution in [0.25, 0.3) is 5.76 Å². The van der Waals surface area contributed by atoms with Gasteiger partial charge in [0.15, 0.2) is 0 Å². The van der Waals surface area contributed by atoms with Gasteiger partial charge in [0.25, 0.3) is 0 Å². The van der Waals surface area contributed by atoms with Crippen molar-refractivity contribution in [2.75, 3.05) is 7.11 Å². The Morgan fingerprint density at radius 3 is 2.50 bits per heavy atom. The zero-order valence-corrected chi connectivity index (χ0v) is 8.94. The van der Waals surface area contributed by atoms with Crippen molar-refractivity contribution in [2.24, 2.45) is 0 Å². The Morgan fingerprint density at radius 1 is 1.25 bits per heavy atom. The van der Waals surface area contributed by atoms with Gasteiger partial charge >= 0.3 is 11.9 Å². The molecule has 1 aliphatic rings. The first kappa shape index (κ1) is 10.4. The summed E-state index contributed by atoms with van der Waals surface area (Å²) >= 11 is 0. The molecule has 0 aliphatic carbocycles. The zero-order chi connectivity index (χ0) is 11.7. The predicted molar refractivity (Wildman–Crippen MR) is 56.5 cm³/mol. The summed E-state index contributed by atoms with van der Waals surface area (Å²) in [6, 6.07) is 6.93. The molecular formula is C12H10O4. The highest BCUT2D eigenvalue weighted by Crippen LogP contribution is 2.31. The minimum Gasteiger partial charge on any atom is -0.466 e. The van der Waals surface area contributed by atoms with Gasteiger partial charge in [0.2, 0.25) is 0 Å². The Kier molecular flexibility index (Phi) is 2.48. The minimum atomic E-state index is -0.500. The number of methoxy groups -OCH3 is 1. The van der Waals surface area contributed by atoms with Crippen LogP contribution in [0.5, 0.6) is 0 Å². The summed E-state index contributed by atoms with van der Waals surface area (Å²) < 4.78 is 9.64. The Bertz CT molecular complexity index is 499. The third-order valence-corrected chi connectivity index (χ3v) is 2.42. The summed E-state index contributed by atoms with van der Waals surface area (Å²) in [5.74, 6) is -0.652. The number of rotatable bonds is 1. The second-order valence-corrected chi connectivity index (χ2v) is 3.38. The van der Waals surface area contributed by atoms with Crippen molar-refractivity contribution in [3.63, 3.8) is 0 Å². The number of carbonyl (C=O) groups excluding carboxylic acids is 2. The summed E-state index contributed by atoms with van der Waals surface area (Å²) in [5.41, 5.74) is 1.40. The van der Waals surface area contributed by atoms with Gasteiger partial charge in [-0.2, -0.15) is 0 Å². The number of cyclic esters (lactones) is 1. The lowest BCUT2D eigenvalue weighted by Crippen LogP contribution is -2.04. The maximum atomic E-state index is 11.5. The van der Waals surface area contributed by atoms with E-state index in [0.29, 0.717) is 16.7 Å². The van der Waals surface area contributed by atoms with Crippen LogP contribution in [-0.2, 0) is 14.3 Å². The fourth-order valence-electron chi connectivity index (χ4n) is 1.59. The quantitative estimate of drug-likeness (QED) is 0.532. The van der Waals surface area contributed by atoms with Crippen LogP contribution in [0.3, 0.4) is 0 Å². The zero-order valence-electron chi connectivity index (χ0n) is 8.94. The molecule has 0 saturated carbocycles. The van der Waals surface area contributed by atoms with Crippen LogP contribution < -0.4 is 0 Å². The molecule has 0 unspecified atom stereocenters. The van der Waals surface area contributed by atoms with E-state index in [1.165, 1.54) is 7.11 Å². The Morgan fingerprint density at radius 2 is 1.88 bits per heavy atom. The first-order chi connectivity index (χ1) is 7.65.